The highest BCUT2D eigenvalue weighted by molar-refractivity contribution is 7.92. The van der Waals surface area contributed by atoms with Crippen LogP contribution in [0.15, 0.2) is 47.4 Å². The van der Waals surface area contributed by atoms with Crippen molar-refractivity contribution in [2.45, 2.75) is 31.2 Å². The molecule has 0 aliphatic heterocycles. The van der Waals surface area contributed by atoms with E-state index >= 15 is 0 Å². The predicted octanol–water partition coefficient (Wildman–Crippen LogP) is 3.03. The first kappa shape index (κ1) is 20.6. The zero-order valence-corrected chi connectivity index (χ0v) is 16.6. The van der Waals surface area contributed by atoms with Gasteiger partial charge in [0.25, 0.3) is 15.9 Å². The van der Waals surface area contributed by atoms with Crippen LogP contribution in [0.1, 0.15) is 30.6 Å². The number of carbonyl (C=O) groups is 1. The van der Waals surface area contributed by atoms with Gasteiger partial charge in [0.1, 0.15) is 0 Å². The summed E-state index contributed by atoms with van der Waals surface area (Å²) in [6, 6.07) is 10.6. The minimum absolute atomic E-state index is 0.0405. The summed E-state index contributed by atoms with van der Waals surface area (Å²) in [5, 5.41) is 2.86. The maximum atomic E-state index is 12.6. The fraction of sp³-hybridized carbons (Fsp3) is 0.316. The van der Waals surface area contributed by atoms with Crippen LogP contribution < -0.4 is 19.5 Å². The molecular weight excluding hydrogens is 368 g/mol. The zero-order valence-electron chi connectivity index (χ0n) is 15.8. The lowest BCUT2D eigenvalue weighted by Gasteiger charge is -2.13. The van der Waals surface area contributed by atoms with Gasteiger partial charge in [0.15, 0.2) is 11.5 Å². The average Bonchev–Trinajstić information content (AvgIpc) is 2.67. The average molecular weight is 392 g/mol. The standard InChI is InChI=1S/C19H24N2O5S/c1-5-13(2)20-19(22)14-6-8-15(9-7-14)21-27(23,24)16-10-11-17(25-3)18(12-16)26-4/h6-13,21H,5H2,1-4H3,(H,20,22)/t13-/m0/s1. The number of benzene rings is 2. The first-order chi connectivity index (χ1) is 12.8. The largest absolute Gasteiger partial charge is 0.493 e. The van der Waals surface area contributed by atoms with Crippen molar-refractivity contribution in [3.8, 4) is 11.5 Å². The minimum Gasteiger partial charge on any atom is -0.493 e. The lowest BCUT2D eigenvalue weighted by atomic mass is 10.1. The number of sulfonamides is 1. The van der Waals surface area contributed by atoms with Crippen LogP contribution in [0.4, 0.5) is 5.69 Å². The Morgan fingerprint density at radius 3 is 2.22 bits per heavy atom. The molecule has 1 atom stereocenters. The van der Waals surface area contributed by atoms with E-state index in [1.165, 1.54) is 32.4 Å². The van der Waals surface area contributed by atoms with Gasteiger partial charge in [-0.25, -0.2) is 8.42 Å². The van der Waals surface area contributed by atoms with Crippen LogP contribution >= 0.6 is 0 Å². The van der Waals surface area contributed by atoms with E-state index in [2.05, 4.69) is 10.0 Å². The Bertz CT molecular complexity index is 895. The zero-order chi connectivity index (χ0) is 20.0. The molecule has 8 heteroatoms. The van der Waals surface area contributed by atoms with Gasteiger partial charge < -0.3 is 14.8 Å². The summed E-state index contributed by atoms with van der Waals surface area (Å²) in [4.78, 5) is 12.1. The Hall–Kier alpha value is -2.74. The molecule has 27 heavy (non-hydrogen) atoms. The molecule has 0 spiro atoms. The van der Waals surface area contributed by atoms with Crippen LogP contribution in [0.5, 0.6) is 11.5 Å². The van der Waals surface area contributed by atoms with Gasteiger partial charge in [0.2, 0.25) is 0 Å². The predicted molar refractivity (Wildman–Crippen MR) is 104 cm³/mol. The Balaban J connectivity index is 2.17. The third-order valence-corrected chi connectivity index (χ3v) is 5.43. The molecule has 2 aromatic rings. The summed E-state index contributed by atoms with van der Waals surface area (Å²) in [5.74, 6) is 0.559. The molecule has 0 aliphatic carbocycles. The number of rotatable bonds is 8. The fourth-order valence-corrected chi connectivity index (χ4v) is 3.37. The second-order valence-electron chi connectivity index (χ2n) is 5.98. The van der Waals surface area contributed by atoms with E-state index in [0.717, 1.165) is 6.42 Å². The van der Waals surface area contributed by atoms with E-state index in [1.54, 1.807) is 24.3 Å². The summed E-state index contributed by atoms with van der Waals surface area (Å²) in [6.07, 6.45) is 0.828. The summed E-state index contributed by atoms with van der Waals surface area (Å²) in [6.45, 7) is 3.90. The molecule has 1 amide bonds. The van der Waals surface area contributed by atoms with Crippen molar-refractivity contribution in [1.29, 1.82) is 0 Å². The molecule has 0 unspecified atom stereocenters. The van der Waals surface area contributed by atoms with Gasteiger partial charge in [-0.2, -0.15) is 0 Å². The van der Waals surface area contributed by atoms with E-state index in [9.17, 15) is 13.2 Å². The lowest BCUT2D eigenvalue weighted by molar-refractivity contribution is 0.0939. The quantitative estimate of drug-likeness (QED) is 0.720. The molecule has 0 heterocycles. The van der Waals surface area contributed by atoms with Gasteiger partial charge in [-0.05, 0) is 49.7 Å². The molecule has 0 aliphatic rings. The molecular formula is C19H24N2O5S. The molecule has 0 bridgehead atoms. The number of nitrogens with one attached hydrogen (secondary N) is 2. The van der Waals surface area contributed by atoms with Crippen molar-refractivity contribution in [1.82, 2.24) is 5.32 Å². The van der Waals surface area contributed by atoms with Crippen molar-refractivity contribution in [3.63, 3.8) is 0 Å². The molecule has 2 rings (SSSR count). The molecule has 0 aromatic heterocycles. The normalized spacial score (nSPS) is 12.1. The van der Waals surface area contributed by atoms with Gasteiger partial charge in [-0.1, -0.05) is 6.92 Å². The molecule has 0 radical (unpaired) electrons. The number of amides is 1. The SMILES string of the molecule is CC[C@H](C)NC(=O)c1ccc(NS(=O)(=O)c2ccc(OC)c(OC)c2)cc1. The Morgan fingerprint density at radius 1 is 1.04 bits per heavy atom. The molecule has 2 aromatic carbocycles. The summed E-state index contributed by atoms with van der Waals surface area (Å²) < 4.78 is 37.9. The Morgan fingerprint density at radius 2 is 1.67 bits per heavy atom. The van der Waals surface area contributed by atoms with Crippen molar-refractivity contribution >= 4 is 21.6 Å². The van der Waals surface area contributed by atoms with Crippen molar-refractivity contribution < 1.29 is 22.7 Å². The van der Waals surface area contributed by atoms with Gasteiger partial charge in [-0.3, -0.25) is 9.52 Å². The number of anilines is 1. The summed E-state index contributed by atoms with van der Waals surface area (Å²) in [5.41, 5.74) is 0.814. The number of methoxy groups -OCH3 is 2. The first-order valence-corrected chi connectivity index (χ1v) is 9.94. The monoisotopic (exact) mass is 392 g/mol. The molecule has 2 N–H and O–H groups in total. The van der Waals surface area contributed by atoms with Crippen LogP contribution in [0.3, 0.4) is 0 Å². The molecule has 0 fully saturated rings. The Labute approximate surface area is 159 Å². The summed E-state index contributed by atoms with van der Waals surface area (Å²) >= 11 is 0. The molecule has 7 nitrogen and oxygen atoms in total. The highest BCUT2D eigenvalue weighted by atomic mass is 32.2. The topological polar surface area (TPSA) is 93.7 Å². The smallest absolute Gasteiger partial charge is 0.262 e. The third-order valence-electron chi connectivity index (χ3n) is 4.05. The van der Waals surface area contributed by atoms with Crippen molar-refractivity contribution in [2.24, 2.45) is 0 Å². The van der Waals surface area contributed by atoms with Crippen molar-refractivity contribution in [2.75, 3.05) is 18.9 Å². The van der Waals surface area contributed by atoms with Crippen LogP contribution in [-0.2, 0) is 10.0 Å². The summed E-state index contributed by atoms with van der Waals surface area (Å²) in [7, 11) is -0.902. The third kappa shape index (κ3) is 5.13. The number of hydrogen-bond acceptors (Lipinski definition) is 5. The van der Waals surface area contributed by atoms with Gasteiger partial charge >= 0.3 is 0 Å². The van der Waals surface area contributed by atoms with Gasteiger partial charge in [-0.15, -0.1) is 0 Å². The second kappa shape index (κ2) is 8.77. The molecule has 0 saturated heterocycles. The van der Waals surface area contributed by atoms with E-state index in [-0.39, 0.29) is 16.8 Å². The fourth-order valence-electron chi connectivity index (χ4n) is 2.30. The number of hydrogen-bond donors (Lipinski definition) is 2. The van der Waals surface area contributed by atoms with Gasteiger partial charge in [0.05, 0.1) is 19.1 Å². The highest BCUT2D eigenvalue weighted by Gasteiger charge is 2.17. The van der Waals surface area contributed by atoms with E-state index in [0.29, 0.717) is 22.7 Å². The van der Waals surface area contributed by atoms with Crippen LogP contribution in [0, 0.1) is 0 Å². The maximum absolute atomic E-state index is 12.6. The number of carbonyl (C=O) groups excluding carboxylic acids is 1. The second-order valence-corrected chi connectivity index (χ2v) is 7.66. The van der Waals surface area contributed by atoms with E-state index in [1.807, 2.05) is 13.8 Å². The molecule has 146 valence electrons. The first-order valence-electron chi connectivity index (χ1n) is 8.46. The van der Waals surface area contributed by atoms with Crippen LogP contribution in [-0.4, -0.2) is 34.6 Å². The maximum Gasteiger partial charge on any atom is 0.262 e. The van der Waals surface area contributed by atoms with Crippen LogP contribution in [0.25, 0.3) is 0 Å². The van der Waals surface area contributed by atoms with Gasteiger partial charge in [0, 0.05) is 23.4 Å². The van der Waals surface area contributed by atoms with Crippen LogP contribution in [0.2, 0.25) is 0 Å². The van der Waals surface area contributed by atoms with E-state index < -0.39 is 10.0 Å². The lowest BCUT2D eigenvalue weighted by Crippen LogP contribution is -2.31. The number of ether oxygens (including phenoxy) is 2. The van der Waals surface area contributed by atoms with Crippen molar-refractivity contribution in [3.05, 3.63) is 48.0 Å². The highest BCUT2D eigenvalue weighted by Crippen LogP contribution is 2.30. The Kier molecular flexibility index (Phi) is 6.68. The molecule has 0 saturated carbocycles. The minimum atomic E-state index is -3.81. The van der Waals surface area contributed by atoms with E-state index in [4.69, 9.17) is 9.47 Å².